The van der Waals surface area contributed by atoms with Crippen LogP contribution in [0.1, 0.15) is 48.0 Å². The van der Waals surface area contributed by atoms with Gasteiger partial charge in [-0.05, 0) is 74.3 Å². The number of amides is 2. The van der Waals surface area contributed by atoms with E-state index in [0.29, 0.717) is 35.4 Å². The van der Waals surface area contributed by atoms with Gasteiger partial charge in [-0.1, -0.05) is 23.7 Å². The van der Waals surface area contributed by atoms with Crippen molar-refractivity contribution >= 4 is 29.1 Å². The fraction of sp³-hybridized carbons (Fsp3) is 0.533. The van der Waals surface area contributed by atoms with Crippen LogP contribution in [-0.4, -0.2) is 79.8 Å². The summed E-state index contributed by atoms with van der Waals surface area (Å²) in [4.78, 5) is 30.1. The molecular weight excluding hydrogens is 597 g/mol. The van der Waals surface area contributed by atoms with Crippen LogP contribution in [-0.2, 0) is 10.4 Å². The molecule has 236 valence electrons. The number of anilines is 1. The summed E-state index contributed by atoms with van der Waals surface area (Å²) in [6, 6.07) is 8.94. The Morgan fingerprint density at radius 1 is 1.00 bits per heavy atom. The Morgan fingerprint density at radius 3 is 2.14 bits per heavy atom. The summed E-state index contributed by atoms with van der Waals surface area (Å²) in [5, 5.41) is 11.1. The Labute approximate surface area is 252 Å². The van der Waals surface area contributed by atoms with Crippen molar-refractivity contribution in [1.82, 2.24) is 9.80 Å². The number of halogens is 6. The fourth-order valence-corrected chi connectivity index (χ4v) is 6.18. The molecule has 13 heteroatoms. The highest BCUT2D eigenvalue weighted by Gasteiger charge is 2.62. The lowest BCUT2D eigenvalue weighted by molar-refractivity contribution is -0.262. The van der Waals surface area contributed by atoms with E-state index in [1.54, 1.807) is 26.2 Å². The topological polar surface area (TPSA) is 73.3 Å². The van der Waals surface area contributed by atoms with Gasteiger partial charge in [0, 0.05) is 51.5 Å². The zero-order valence-corrected chi connectivity index (χ0v) is 24.7. The van der Waals surface area contributed by atoms with Crippen molar-refractivity contribution in [3.05, 3.63) is 58.6 Å². The lowest BCUT2D eigenvalue weighted by Gasteiger charge is -2.40. The molecule has 0 radical (unpaired) electrons. The number of hydrogen-bond donors (Lipinski definition) is 1. The maximum atomic E-state index is 14.1. The largest absolute Gasteiger partial charge is 0.435 e. The quantitative estimate of drug-likeness (QED) is 0.365. The molecule has 0 aromatic heterocycles. The second kappa shape index (κ2) is 13.3. The van der Waals surface area contributed by atoms with Crippen LogP contribution < -0.4 is 9.64 Å². The van der Waals surface area contributed by atoms with Gasteiger partial charge in [-0.2, -0.15) is 22.0 Å². The molecule has 2 aliphatic rings. The van der Waals surface area contributed by atoms with E-state index < -0.39 is 35.6 Å². The molecule has 2 aromatic rings. The number of benzene rings is 2. The molecule has 0 aliphatic carbocycles. The number of carbonyl (C=O) groups is 2. The van der Waals surface area contributed by atoms with Crippen LogP contribution in [0, 0.1) is 11.8 Å². The Balaban J connectivity index is 1.32. The number of alkyl halides is 5. The van der Waals surface area contributed by atoms with E-state index in [2.05, 4.69) is 9.64 Å². The van der Waals surface area contributed by atoms with Crippen LogP contribution >= 0.6 is 11.6 Å². The van der Waals surface area contributed by atoms with Gasteiger partial charge >= 0.3 is 12.8 Å². The first-order chi connectivity index (χ1) is 20.2. The third kappa shape index (κ3) is 7.34. The van der Waals surface area contributed by atoms with Gasteiger partial charge in [0.15, 0.2) is 0 Å². The minimum absolute atomic E-state index is 0.0461. The number of piperidine rings is 2. The first-order valence-electron chi connectivity index (χ1n) is 14.1. The molecule has 43 heavy (non-hydrogen) atoms. The van der Waals surface area contributed by atoms with Crippen molar-refractivity contribution in [2.24, 2.45) is 11.8 Å². The van der Waals surface area contributed by atoms with Crippen LogP contribution in [0.2, 0.25) is 5.02 Å². The van der Waals surface area contributed by atoms with Gasteiger partial charge in [-0.15, -0.1) is 0 Å². The van der Waals surface area contributed by atoms with Gasteiger partial charge in [0.25, 0.3) is 17.4 Å². The Kier molecular flexibility index (Phi) is 10.1. The normalized spacial score (nSPS) is 18.5. The number of hydrogen-bond acceptors (Lipinski definition) is 5. The first kappa shape index (κ1) is 32.8. The van der Waals surface area contributed by atoms with E-state index in [0.717, 1.165) is 61.1 Å². The van der Waals surface area contributed by atoms with Gasteiger partial charge < -0.3 is 24.5 Å². The molecule has 2 aromatic carbocycles. The van der Waals surface area contributed by atoms with E-state index >= 15 is 0 Å². The van der Waals surface area contributed by atoms with Crippen molar-refractivity contribution in [3.63, 3.8) is 0 Å². The maximum absolute atomic E-state index is 14.1. The average molecular weight is 632 g/mol. The molecule has 2 fully saturated rings. The van der Waals surface area contributed by atoms with Crippen molar-refractivity contribution in [2.45, 2.75) is 50.5 Å². The van der Waals surface area contributed by atoms with Crippen LogP contribution in [0.15, 0.2) is 42.5 Å². The number of likely N-dealkylation sites (tertiary alicyclic amines) is 1. The van der Waals surface area contributed by atoms with E-state index in [1.165, 1.54) is 4.90 Å². The molecule has 4 rings (SSSR count). The van der Waals surface area contributed by atoms with E-state index in [4.69, 9.17) is 11.6 Å². The molecule has 2 aliphatic heterocycles. The molecule has 1 N–H and O–H groups in total. The highest BCUT2D eigenvalue weighted by Crippen LogP contribution is 2.42. The van der Waals surface area contributed by atoms with Crippen molar-refractivity contribution < 1.29 is 41.4 Å². The molecular formula is C30H35ClF5N3O4. The molecule has 1 atom stereocenters. The lowest BCUT2D eigenvalue weighted by atomic mass is 9.82. The number of aliphatic hydroxyl groups is 1. The fourth-order valence-electron chi connectivity index (χ4n) is 5.92. The third-order valence-corrected chi connectivity index (χ3v) is 8.65. The second-order valence-electron chi connectivity index (χ2n) is 11.4. The predicted molar refractivity (Wildman–Crippen MR) is 151 cm³/mol. The summed E-state index contributed by atoms with van der Waals surface area (Å²) in [5.74, 6) is -1.66. The maximum Gasteiger partial charge on any atom is 0.430 e. The monoisotopic (exact) mass is 631 g/mol. The average Bonchev–Trinajstić information content (AvgIpc) is 2.96. The Bertz CT molecular complexity index is 1290. The lowest BCUT2D eigenvalue weighted by Crippen LogP contribution is -2.57. The summed E-state index contributed by atoms with van der Waals surface area (Å²) in [6.45, 7) is -1.59. The standard InChI is InChI=1S/C30H35ClF5N3O4/c1-37(2)26(40)24-7-6-22(18-25(24)31)38-12-8-19(9-13-38)16-20-10-14-39(15-11-20)27(41)29(42,30(34,35)36)21-4-3-5-23(17-21)43-28(32)33/h3-7,17-20,28,42H,8-16H2,1-2H3/t29-/m1/s1. The van der Waals surface area contributed by atoms with Crippen molar-refractivity contribution in [2.75, 3.05) is 45.2 Å². The zero-order chi connectivity index (χ0) is 31.5. The van der Waals surface area contributed by atoms with E-state index in [1.807, 2.05) is 6.07 Å². The minimum atomic E-state index is -5.38. The van der Waals surface area contributed by atoms with Gasteiger partial charge in [0.05, 0.1) is 10.6 Å². The van der Waals surface area contributed by atoms with Crippen LogP contribution in [0.3, 0.4) is 0 Å². The molecule has 7 nitrogen and oxygen atoms in total. The number of nitrogens with zero attached hydrogens (tertiary/aromatic N) is 3. The first-order valence-corrected chi connectivity index (χ1v) is 14.5. The second-order valence-corrected chi connectivity index (χ2v) is 11.8. The van der Waals surface area contributed by atoms with Gasteiger partial charge in [-0.25, -0.2) is 0 Å². The number of carbonyl (C=O) groups excluding carboxylic acids is 2. The van der Waals surface area contributed by atoms with Crippen LogP contribution in [0.5, 0.6) is 5.75 Å². The highest BCUT2D eigenvalue weighted by atomic mass is 35.5. The minimum Gasteiger partial charge on any atom is -0.435 e. The summed E-state index contributed by atoms with van der Waals surface area (Å²) in [6.07, 6.45) is -1.69. The summed E-state index contributed by atoms with van der Waals surface area (Å²) >= 11 is 6.38. The molecule has 0 unspecified atom stereocenters. The smallest absolute Gasteiger partial charge is 0.430 e. The van der Waals surface area contributed by atoms with Crippen LogP contribution in [0.25, 0.3) is 0 Å². The van der Waals surface area contributed by atoms with Crippen molar-refractivity contribution in [3.8, 4) is 5.75 Å². The SMILES string of the molecule is CN(C)C(=O)c1ccc(N2CCC(CC3CCN(C(=O)[C@](O)(c4cccc(OC(F)F)c4)C(F)(F)F)CC3)CC2)cc1Cl. The number of rotatable bonds is 8. The molecule has 2 heterocycles. The van der Waals surface area contributed by atoms with E-state index in [-0.39, 0.29) is 24.9 Å². The molecule has 0 spiro atoms. The van der Waals surface area contributed by atoms with Gasteiger partial charge in [-0.3, -0.25) is 9.59 Å². The predicted octanol–water partition coefficient (Wildman–Crippen LogP) is 5.94. The molecule has 2 saturated heterocycles. The summed E-state index contributed by atoms with van der Waals surface area (Å²) in [5.41, 5.74) is -3.39. The molecule has 0 saturated carbocycles. The van der Waals surface area contributed by atoms with Crippen molar-refractivity contribution in [1.29, 1.82) is 0 Å². The summed E-state index contributed by atoms with van der Waals surface area (Å²) in [7, 11) is 3.33. The molecule has 0 bridgehead atoms. The number of ether oxygens (including phenoxy) is 1. The van der Waals surface area contributed by atoms with E-state index in [9.17, 15) is 36.6 Å². The molecule has 2 amide bonds. The summed E-state index contributed by atoms with van der Waals surface area (Å²) < 4.78 is 71.8. The zero-order valence-electron chi connectivity index (χ0n) is 23.9. The van der Waals surface area contributed by atoms with Gasteiger partial charge in [0.1, 0.15) is 5.75 Å². The Hall–Kier alpha value is -3.12. The Morgan fingerprint density at radius 2 is 1.60 bits per heavy atom. The highest BCUT2D eigenvalue weighted by molar-refractivity contribution is 6.34. The van der Waals surface area contributed by atoms with Gasteiger partial charge in [0.2, 0.25) is 0 Å². The van der Waals surface area contributed by atoms with Crippen LogP contribution in [0.4, 0.5) is 27.6 Å². The third-order valence-electron chi connectivity index (χ3n) is 8.33.